The van der Waals surface area contributed by atoms with E-state index in [-0.39, 0.29) is 29.8 Å². The first-order chi connectivity index (χ1) is 7.45. The molecule has 4 heteroatoms. The van der Waals surface area contributed by atoms with E-state index in [1.165, 1.54) is 0 Å². The Balaban J connectivity index is 2.52. The summed E-state index contributed by atoms with van der Waals surface area (Å²) in [5.74, 6) is -0.0472. The zero-order valence-corrected chi connectivity index (χ0v) is 10.6. The van der Waals surface area contributed by atoms with Gasteiger partial charge in [0.15, 0.2) is 0 Å². The molecule has 1 aliphatic heterocycles. The van der Waals surface area contributed by atoms with Crippen molar-refractivity contribution < 1.29 is 9.59 Å². The van der Waals surface area contributed by atoms with Gasteiger partial charge in [0.25, 0.3) is 0 Å². The van der Waals surface area contributed by atoms with Gasteiger partial charge >= 0.3 is 0 Å². The van der Waals surface area contributed by atoms with Gasteiger partial charge in [-0.2, -0.15) is 0 Å². The summed E-state index contributed by atoms with van der Waals surface area (Å²) >= 11 is 0. The summed E-state index contributed by atoms with van der Waals surface area (Å²) in [6, 6.07) is 0.379. The molecule has 0 radical (unpaired) electrons. The summed E-state index contributed by atoms with van der Waals surface area (Å²) in [6.45, 7) is 8.54. The summed E-state index contributed by atoms with van der Waals surface area (Å²) in [5, 5.41) is 2.93. The molecule has 0 saturated carbocycles. The number of hydrogen-bond donors (Lipinski definition) is 1. The van der Waals surface area contributed by atoms with Gasteiger partial charge in [0.1, 0.15) is 0 Å². The Morgan fingerprint density at radius 2 is 2.12 bits per heavy atom. The highest BCUT2D eigenvalue weighted by atomic mass is 16.2. The lowest BCUT2D eigenvalue weighted by atomic mass is 10.1. The number of rotatable bonds is 4. The normalized spacial score (nSPS) is 22.7. The quantitative estimate of drug-likeness (QED) is 0.782. The number of likely N-dealkylation sites (tertiary alicyclic amines) is 1. The van der Waals surface area contributed by atoms with E-state index in [1.807, 2.05) is 27.7 Å². The number of amides is 2. The number of carbonyl (C=O) groups is 2. The maximum atomic E-state index is 11.8. The predicted octanol–water partition coefficient (Wildman–Crippen LogP) is 1.16. The summed E-state index contributed by atoms with van der Waals surface area (Å²) in [5.41, 5.74) is 0. The first kappa shape index (κ1) is 13.0. The molecule has 4 nitrogen and oxygen atoms in total. The molecule has 0 aromatic carbocycles. The maximum absolute atomic E-state index is 11.8. The van der Waals surface area contributed by atoms with Gasteiger partial charge in [0, 0.05) is 25.0 Å². The third kappa shape index (κ3) is 2.97. The fraction of sp³-hybridized carbons (Fsp3) is 0.833. The second-order valence-electron chi connectivity index (χ2n) is 4.86. The number of carbonyl (C=O) groups excluding carboxylic acids is 2. The highest BCUT2D eigenvalue weighted by molar-refractivity contribution is 5.89. The summed E-state index contributed by atoms with van der Waals surface area (Å²) in [6.07, 6.45) is 1.28. The van der Waals surface area contributed by atoms with Gasteiger partial charge in [0.05, 0.1) is 5.92 Å². The molecule has 16 heavy (non-hydrogen) atoms. The van der Waals surface area contributed by atoms with Gasteiger partial charge < -0.3 is 10.2 Å². The van der Waals surface area contributed by atoms with Crippen LogP contribution in [0.3, 0.4) is 0 Å². The smallest absolute Gasteiger partial charge is 0.225 e. The predicted molar refractivity (Wildman–Crippen MR) is 62.9 cm³/mol. The van der Waals surface area contributed by atoms with Crippen molar-refractivity contribution in [2.75, 3.05) is 6.54 Å². The van der Waals surface area contributed by atoms with Crippen molar-refractivity contribution in [2.24, 2.45) is 5.92 Å². The molecule has 1 N–H and O–H groups in total. The van der Waals surface area contributed by atoms with Gasteiger partial charge in [-0.3, -0.25) is 9.59 Å². The van der Waals surface area contributed by atoms with E-state index < -0.39 is 0 Å². The molecule has 1 heterocycles. The molecular formula is C12H22N2O2. The fourth-order valence-electron chi connectivity index (χ4n) is 1.87. The molecule has 2 atom stereocenters. The Morgan fingerprint density at radius 1 is 1.50 bits per heavy atom. The third-order valence-corrected chi connectivity index (χ3v) is 3.15. The molecule has 0 aliphatic carbocycles. The molecular weight excluding hydrogens is 204 g/mol. The van der Waals surface area contributed by atoms with E-state index in [2.05, 4.69) is 5.32 Å². The van der Waals surface area contributed by atoms with E-state index in [9.17, 15) is 9.59 Å². The number of nitrogens with zero attached hydrogens (tertiary/aromatic N) is 1. The topological polar surface area (TPSA) is 49.4 Å². The molecule has 1 fully saturated rings. The van der Waals surface area contributed by atoms with Crippen molar-refractivity contribution in [1.82, 2.24) is 10.2 Å². The van der Waals surface area contributed by atoms with E-state index in [4.69, 9.17) is 0 Å². The van der Waals surface area contributed by atoms with Crippen LogP contribution in [-0.2, 0) is 9.59 Å². The Hall–Kier alpha value is -1.06. The number of hydrogen-bond acceptors (Lipinski definition) is 2. The van der Waals surface area contributed by atoms with Crippen molar-refractivity contribution in [3.63, 3.8) is 0 Å². The lowest BCUT2D eigenvalue weighted by Crippen LogP contribution is -2.39. The molecule has 0 unspecified atom stereocenters. The molecule has 92 valence electrons. The molecule has 0 aromatic rings. The molecule has 1 aliphatic rings. The largest absolute Gasteiger partial charge is 0.353 e. The van der Waals surface area contributed by atoms with Gasteiger partial charge in [-0.1, -0.05) is 6.92 Å². The Bertz CT molecular complexity index is 276. The first-order valence-corrected chi connectivity index (χ1v) is 6.05. The van der Waals surface area contributed by atoms with Crippen molar-refractivity contribution in [3.8, 4) is 0 Å². The summed E-state index contributed by atoms with van der Waals surface area (Å²) < 4.78 is 0. The second-order valence-corrected chi connectivity index (χ2v) is 4.86. The monoisotopic (exact) mass is 226 g/mol. The van der Waals surface area contributed by atoms with Crippen molar-refractivity contribution in [1.29, 1.82) is 0 Å². The minimum absolute atomic E-state index is 0.0193. The average Bonchev–Trinajstić information content (AvgIpc) is 2.60. The van der Waals surface area contributed by atoms with Crippen LogP contribution in [0.1, 0.15) is 40.5 Å². The molecule has 1 saturated heterocycles. The van der Waals surface area contributed by atoms with Crippen LogP contribution >= 0.6 is 0 Å². The second kappa shape index (κ2) is 5.32. The summed E-state index contributed by atoms with van der Waals surface area (Å²) in [4.78, 5) is 25.2. The molecule has 2 amide bonds. The number of nitrogens with one attached hydrogen (secondary N) is 1. The van der Waals surface area contributed by atoms with Crippen LogP contribution in [-0.4, -0.2) is 35.3 Å². The van der Waals surface area contributed by atoms with Crippen LogP contribution in [0.25, 0.3) is 0 Å². The van der Waals surface area contributed by atoms with E-state index >= 15 is 0 Å². The van der Waals surface area contributed by atoms with Crippen LogP contribution < -0.4 is 5.32 Å². The molecule has 0 bridgehead atoms. The lowest BCUT2D eigenvalue weighted by Gasteiger charge is -2.21. The SMILES string of the molecule is CC[C@@H](C)NC(=O)[C@@H]1CC(=O)N(C(C)C)C1. The Labute approximate surface area is 97.4 Å². The van der Waals surface area contributed by atoms with E-state index in [1.54, 1.807) is 4.90 Å². The van der Waals surface area contributed by atoms with Crippen molar-refractivity contribution in [2.45, 2.75) is 52.6 Å². The molecule has 1 rings (SSSR count). The van der Waals surface area contributed by atoms with Crippen molar-refractivity contribution >= 4 is 11.8 Å². The van der Waals surface area contributed by atoms with E-state index in [0.29, 0.717) is 13.0 Å². The Morgan fingerprint density at radius 3 is 2.56 bits per heavy atom. The molecule has 0 aromatic heterocycles. The Kier molecular flexibility index (Phi) is 4.33. The van der Waals surface area contributed by atoms with Crippen molar-refractivity contribution in [3.05, 3.63) is 0 Å². The highest BCUT2D eigenvalue weighted by Crippen LogP contribution is 2.20. The van der Waals surface area contributed by atoms with Gasteiger partial charge in [-0.15, -0.1) is 0 Å². The molecule has 0 spiro atoms. The van der Waals surface area contributed by atoms with Crippen LogP contribution in [0.4, 0.5) is 0 Å². The standard InChI is InChI=1S/C12H22N2O2/c1-5-9(4)13-12(16)10-6-11(15)14(7-10)8(2)3/h8-10H,5-7H2,1-4H3,(H,13,16)/t9-,10-/m1/s1. The highest BCUT2D eigenvalue weighted by Gasteiger charge is 2.35. The fourth-order valence-corrected chi connectivity index (χ4v) is 1.87. The zero-order chi connectivity index (χ0) is 12.3. The van der Waals surface area contributed by atoms with Crippen LogP contribution in [0.2, 0.25) is 0 Å². The first-order valence-electron chi connectivity index (χ1n) is 6.05. The minimum Gasteiger partial charge on any atom is -0.353 e. The van der Waals surface area contributed by atoms with Gasteiger partial charge in [-0.05, 0) is 27.2 Å². The van der Waals surface area contributed by atoms with E-state index in [0.717, 1.165) is 6.42 Å². The maximum Gasteiger partial charge on any atom is 0.225 e. The van der Waals surface area contributed by atoms with Gasteiger partial charge in [-0.25, -0.2) is 0 Å². The minimum atomic E-state index is -0.163. The average molecular weight is 226 g/mol. The zero-order valence-electron chi connectivity index (χ0n) is 10.6. The summed E-state index contributed by atoms with van der Waals surface area (Å²) in [7, 11) is 0. The van der Waals surface area contributed by atoms with Gasteiger partial charge in [0.2, 0.25) is 11.8 Å². The van der Waals surface area contributed by atoms with Crippen LogP contribution in [0, 0.1) is 5.92 Å². The lowest BCUT2D eigenvalue weighted by molar-refractivity contribution is -0.130. The third-order valence-electron chi connectivity index (χ3n) is 3.15. The van der Waals surface area contributed by atoms with Crippen LogP contribution in [0.5, 0.6) is 0 Å². The van der Waals surface area contributed by atoms with Crippen LogP contribution in [0.15, 0.2) is 0 Å².